The van der Waals surface area contributed by atoms with Crippen molar-refractivity contribution < 1.29 is 9.59 Å². The summed E-state index contributed by atoms with van der Waals surface area (Å²) in [6.45, 7) is 5.81. The van der Waals surface area contributed by atoms with Gasteiger partial charge < -0.3 is 10.6 Å². The summed E-state index contributed by atoms with van der Waals surface area (Å²) in [6.07, 6.45) is 1.58. The molecular formula is C16H17N3O2. The van der Waals surface area contributed by atoms with E-state index < -0.39 is 11.8 Å². The number of carbonyl (C=O) groups is 2. The summed E-state index contributed by atoms with van der Waals surface area (Å²) < 4.78 is 0. The minimum atomic E-state index is -0.744. The molecule has 0 spiro atoms. The van der Waals surface area contributed by atoms with Crippen molar-refractivity contribution in [2.75, 3.05) is 10.6 Å². The van der Waals surface area contributed by atoms with Crippen LogP contribution in [0.1, 0.15) is 16.7 Å². The topological polar surface area (TPSA) is 71.1 Å². The number of nitrogens with one attached hydrogen (secondary N) is 2. The zero-order valence-corrected chi connectivity index (χ0v) is 12.2. The SMILES string of the molecule is Cc1ccnc(NC(=O)C(=O)Nc2ccc(C)c(C)c2)c1. The Kier molecular flexibility index (Phi) is 4.33. The van der Waals surface area contributed by atoms with Crippen molar-refractivity contribution in [1.29, 1.82) is 0 Å². The highest BCUT2D eigenvalue weighted by Gasteiger charge is 2.14. The minimum absolute atomic E-state index is 0.357. The molecule has 0 bridgehead atoms. The first kappa shape index (κ1) is 14.7. The number of aryl methyl sites for hydroxylation is 3. The molecule has 1 aromatic carbocycles. The van der Waals surface area contributed by atoms with Gasteiger partial charge in [-0.25, -0.2) is 4.98 Å². The van der Waals surface area contributed by atoms with Gasteiger partial charge in [0.25, 0.3) is 0 Å². The maximum absolute atomic E-state index is 11.8. The third kappa shape index (κ3) is 3.89. The van der Waals surface area contributed by atoms with Gasteiger partial charge in [0.05, 0.1) is 0 Å². The van der Waals surface area contributed by atoms with Crippen LogP contribution in [0.4, 0.5) is 11.5 Å². The number of pyridine rings is 1. The van der Waals surface area contributed by atoms with E-state index >= 15 is 0 Å². The maximum atomic E-state index is 11.8. The van der Waals surface area contributed by atoms with Gasteiger partial charge >= 0.3 is 11.8 Å². The fourth-order valence-corrected chi connectivity index (χ4v) is 1.78. The van der Waals surface area contributed by atoms with E-state index in [-0.39, 0.29) is 0 Å². The molecule has 0 radical (unpaired) electrons. The Morgan fingerprint density at radius 2 is 1.62 bits per heavy atom. The number of carbonyl (C=O) groups excluding carboxylic acids is 2. The molecule has 0 saturated heterocycles. The molecule has 0 aliphatic rings. The lowest BCUT2D eigenvalue weighted by Crippen LogP contribution is -2.29. The lowest BCUT2D eigenvalue weighted by molar-refractivity contribution is -0.133. The van der Waals surface area contributed by atoms with E-state index in [0.717, 1.165) is 16.7 Å². The molecule has 1 aromatic heterocycles. The average molecular weight is 283 g/mol. The van der Waals surface area contributed by atoms with Gasteiger partial charge in [0.2, 0.25) is 0 Å². The highest BCUT2D eigenvalue weighted by atomic mass is 16.2. The smallest absolute Gasteiger partial charge is 0.315 e. The largest absolute Gasteiger partial charge is 0.318 e. The van der Waals surface area contributed by atoms with Crippen molar-refractivity contribution in [3.8, 4) is 0 Å². The number of benzene rings is 1. The first-order chi connectivity index (χ1) is 9.95. The zero-order chi connectivity index (χ0) is 15.4. The summed E-state index contributed by atoms with van der Waals surface area (Å²) >= 11 is 0. The number of nitrogens with zero attached hydrogens (tertiary/aromatic N) is 1. The Morgan fingerprint density at radius 3 is 2.29 bits per heavy atom. The summed E-state index contributed by atoms with van der Waals surface area (Å²) in [6, 6.07) is 8.99. The molecule has 0 unspecified atom stereocenters. The number of hydrogen-bond acceptors (Lipinski definition) is 3. The van der Waals surface area contributed by atoms with E-state index in [4.69, 9.17) is 0 Å². The van der Waals surface area contributed by atoms with Gasteiger partial charge in [-0.15, -0.1) is 0 Å². The lowest BCUT2D eigenvalue weighted by Gasteiger charge is -2.08. The van der Waals surface area contributed by atoms with Crippen LogP contribution in [0.5, 0.6) is 0 Å². The van der Waals surface area contributed by atoms with Crippen LogP contribution in [-0.4, -0.2) is 16.8 Å². The average Bonchev–Trinajstić information content (AvgIpc) is 2.43. The summed E-state index contributed by atoms with van der Waals surface area (Å²) in [7, 11) is 0. The second kappa shape index (κ2) is 6.17. The van der Waals surface area contributed by atoms with Crippen LogP contribution >= 0.6 is 0 Å². The fourth-order valence-electron chi connectivity index (χ4n) is 1.78. The normalized spacial score (nSPS) is 10.0. The van der Waals surface area contributed by atoms with Gasteiger partial charge in [0.1, 0.15) is 5.82 Å². The van der Waals surface area contributed by atoms with Gasteiger partial charge in [0.15, 0.2) is 0 Å². The van der Waals surface area contributed by atoms with E-state index in [2.05, 4.69) is 15.6 Å². The van der Waals surface area contributed by atoms with E-state index in [9.17, 15) is 9.59 Å². The molecule has 1 heterocycles. The maximum Gasteiger partial charge on any atom is 0.315 e. The summed E-state index contributed by atoms with van der Waals surface area (Å²) in [5.41, 5.74) is 3.72. The van der Waals surface area contributed by atoms with Gasteiger partial charge in [0, 0.05) is 11.9 Å². The van der Waals surface area contributed by atoms with Crippen LogP contribution in [0, 0.1) is 20.8 Å². The highest BCUT2D eigenvalue weighted by Crippen LogP contribution is 2.14. The van der Waals surface area contributed by atoms with Gasteiger partial charge in [-0.1, -0.05) is 6.07 Å². The minimum Gasteiger partial charge on any atom is -0.318 e. The quantitative estimate of drug-likeness (QED) is 0.832. The molecule has 2 amide bonds. The number of hydrogen-bond donors (Lipinski definition) is 2. The van der Waals surface area contributed by atoms with Crippen molar-refractivity contribution in [3.63, 3.8) is 0 Å². The number of anilines is 2. The molecule has 108 valence electrons. The van der Waals surface area contributed by atoms with Gasteiger partial charge in [-0.3, -0.25) is 9.59 Å². The zero-order valence-electron chi connectivity index (χ0n) is 12.2. The van der Waals surface area contributed by atoms with Gasteiger partial charge in [-0.05, 0) is 61.7 Å². The molecule has 5 heteroatoms. The summed E-state index contributed by atoms with van der Waals surface area (Å²) in [4.78, 5) is 27.6. The molecule has 0 aliphatic heterocycles. The number of aromatic nitrogens is 1. The van der Waals surface area contributed by atoms with Crippen molar-refractivity contribution >= 4 is 23.3 Å². The standard InChI is InChI=1S/C16H17N3O2/c1-10-6-7-17-14(8-10)19-16(21)15(20)18-13-5-4-11(2)12(3)9-13/h4-9H,1-3H3,(H,18,20)(H,17,19,21). The predicted molar refractivity (Wildman–Crippen MR) is 82.1 cm³/mol. The first-order valence-electron chi connectivity index (χ1n) is 6.58. The first-order valence-corrected chi connectivity index (χ1v) is 6.58. The Labute approximate surface area is 123 Å². The number of rotatable bonds is 2. The van der Waals surface area contributed by atoms with Crippen molar-refractivity contribution in [1.82, 2.24) is 4.98 Å². The van der Waals surface area contributed by atoms with E-state index in [0.29, 0.717) is 11.5 Å². The van der Waals surface area contributed by atoms with Crippen LogP contribution in [0.3, 0.4) is 0 Å². The molecule has 0 saturated carbocycles. The second-order valence-corrected chi connectivity index (χ2v) is 4.93. The number of amides is 2. The Bertz CT molecular complexity index is 696. The Morgan fingerprint density at radius 1 is 0.905 bits per heavy atom. The van der Waals surface area contributed by atoms with E-state index in [1.54, 1.807) is 18.3 Å². The van der Waals surface area contributed by atoms with Crippen molar-refractivity contribution in [2.24, 2.45) is 0 Å². The predicted octanol–water partition coefficient (Wildman–Crippen LogP) is 2.58. The van der Waals surface area contributed by atoms with Gasteiger partial charge in [-0.2, -0.15) is 0 Å². The molecule has 2 aromatic rings. The Balaban J connectivity index is 2.02. The molecule has 0 aliphatic carbocycles. The summed E-state index contributed by atoms with van der Waals surface area (Å²) in [5, 5.41) is 5.03. The van der Waals surface area contributed by atoms with Crippen LogP contribution in [-0.2, 0) is 9.59 Å². The monoisotopic (exact) mass is 283 g/mol. The third-order valence-corrected chi connectivity index (χ3v) is 3.13. The summed E-state index contributed by atoms with van der Waals surface area (Å²) in [5.74, 6) is -1.11. The van der Waals surface area contributed by atoms with E-state index in [1.165, 1.54) is 0 Å². The van der Waals surface area contributed by atoms with Crippen LogP contribution in [0.15, 0.2) is 36.5 Å². The van der Waals surface area contributed by atoms with Crippen LogP contribution < -0.4 is 10.6 Å². The highest BCUT2D eigenvalue weighted by molar-refractivity contribution is 6.43. The fraction of sp³-hybridized carbons (Fsp3) is 0.188. The van der Waals surface area contributed by atoms with E-state index in [1.807, 2.05) is 39.0 Å². The third-order valence-electron chi connectivity index (χ3n) is 3.13. The van der Waals surface area contributed by atoms with Crippen molar-refractivity contribution in [3.05, 3.63) is 53.2 Å². The molecule has 2 rings (SSSR count). The molecule has 0 atom stereocenters. The molecule has 2 N–H and O–H groups in total. The lowest BCUT2D eigenvalue weighted by atomic mass is 10.1. The van der Waals surface area contributed by atoms with Crippen LogP contribution in [0.25, 0.3) is 0 Å². The molecular weight excluding hydrogens is 266 g/mol. The molecule has 5 nitrogen and oxygen atoms in total. The second-order valence-electron chi connectivity index (χ2n) is 4.93. The molecule has 21 heavy (non-hydrogen) atoms. The Hall–Kier alpha value is -2.69. The van der Waals surface area contributed by atoms with Crippen molar-refractivity contribution in [2.45, 2.75) is 20.8 Å². The van der Waals surface area contributed by atoms with Crippen LogP contribution in [0.2, 0.25) is 0 Å². The molecule has 0 fully saturated rings.